The van der Waals surface area contributed by atoms with Crippen LogP contribution in [0.4, 0.5) is 0 Å². The lowest BCUT2D eigenvalue weighted by Crippen LogP contribution is -2.19. The van der Waals surface area contributed by atoms with Crippen LogP contribution < -0.4 is 10.2 Å². The van der Waals surface area contributed by atoms with Crippen molar-refractivity contribution in [1.82, 2.24) is 15.6 Å². The molecule has 4 aromatic rings. The summed E-state index contributed by atoms with van der Waals surface area (Å²) in [6.07, 6.45) is 1.55. The number of ether oxygens (including phenoxy) is 1. The van der Waals surface area contributed by atoms with Crippen molar-refractivity contribution in [3.8, 4) is 5.75 Å². The molecule has 0 spiro atoms. The lowest BCUT2D eigenvalue weighted by atomic mass is 10.1. The van der Waals surface area contributed by atoms with Gasteiger partial charge in [0.2, 0.25) is 0 Å². The minimum atomic E-state index is -0.217. The van der Waals surface area contributed by atoms with Gasteiger partial charge >= 0.3 is 0 Å². The van der Waals surface area contributed by atoms with Gasteiger partial charge in [-0.1, -0.05) is 93.3 Å². The number of thioether (sulfide) groups is 2. The summed E-state index contributed by atoms with van der Waals surface area (Å²) in [5.74, 6) is 1.48. The van der Waals surface area contributed by atoms with Crippen LogP contribution in [0.15, 0.2) is 78.9 Å². The van der Waals surface area contributed by atoms with Crippen LogP contribution in [0.5, 0.6) is 5.75 Å². The van der Waals surface area contributed by atoms with E-state index in [0.717, 1.165) is 24.5 Å². The van der Waals surface area contributed by atoms with Crippen LogP contribution in [0.25, 0.3) is 10.8 Å². The third kappa shape index (κ3) is 6.57. The van der Waals surface area contributed by atoms with E-state index in [1.54, 1.807) is 25.1 Å². The molecule has 0 aliphatic carbocycles. The van der Waals surface area contributed by atoms with Gasteiger partial charge in [0, 0.05) is 15.8 Å². The van der Waals surface area contributed by atoms with Crippen molar-refractivity contribution in [3.63, 3.8) is 0 Å². The third-order valence-electron chi connectivity index (χ3n) is 4.53. The van der Waals surface area contributed by atoms with Crippen LogP contribution in [0.3, 0.4) is 0 Å². The zero-order chi connectivity index (χ0) is 23.0. The average molecular weight is 560 g/mol. The number of carbonyl (C=O) groups is 1. The fraction of sp³-hybridized carbons (Fsp3) is 0.130. The number of nitrogens with one attached hydrogen (secondary N) is 1. The van der Waals surface area contributed by atoms with Gasteiger partial charge in [-0.25, -0.2) is 5.43 Å². The van der Waals surface area contributed by atoms with E-state index in [9.17, 15) is 4.79 Å². The summed E-state index contributed by atoms with van der Waals surface area (Å²) < 4.78 is 7.82. The quantitative estimate of drug-likeness (QED) is 0.154. The predicted molar refractivity (Wildman–Crippen MR) is 141 cm³/mol. The van der Waals surface area contributed by atoms with E-state index in [-0.39, 0.29) is 11.7 Å². The summed E-state index contributed by atoms with van der Waals surface area (Å²) in [5, 5.41) is 15.0. The van der Waals surface area contributed by atoms with Crippen molar-refractivity contribution < 1.29 is 9.53 Å². The van der Waals surface area contributed by atoms with Crippen LogP contribution in [0, 0.1) is 0 Å². The van der Waals surface area contributed by atoms with Gasteiger partial charge in [0.1, 0.15) is 5.75 Å². The lowest BCUT2D eigenvalue weighted by molar-refractivity contribution is -0.118. The summed E-state index contributed by atoms with van der Waals surface area (Å²) in [6, 6.07) is 20.3. The van der Waals surface area contributed by atoms with Gasteiger partial charge in [0.05, 0.1) is 19.1 Å². The fourth-order valence-electron chi connectivity index (χ4n) is 3.01. The molecular formula is C23H19BrN4O2S3. The molecule has 1 N–H and O–H groups in total. The van der Waals surface area contributed by atoms with Crippen molar-refractivity contribution in [2.24, 2.45) is 5.10 Å². The second-order valence-electron chi connectivity index (χ2n) is 6.73. The molecule has 0 bridgehead atoms. The van der Waals surface area contributed by atoms with E-state index in [2.05, 4.69) is 73.1 Å². The molecule has 10 heteroatoms. The first-order valence-electron chi connectivity index (χ1n) is 9.83. The standard InChI is InChI=1S/C23H19BrN4O2S3/c1-30-20-10-9-18(24)11-17(20)12-25-26-21(29)14-32-23-28-27-22(33-23)31-13-16-7-4-6-15-5-2-3-8-19(15)16/h2-12H,13-14H2,1H3,(H,26,29). The number of rotatable bonds is 9. The second kappa shape index (κ2) is 11.6. The van der Waals surface area contributed by atoms with Crippen LogP contribution in [0.1, 0.15) is 11.1 Å². The minimum Gasteiger partial charge on any atom is -0.496 e. The van der Waals surface area contributed by atoms with Crippen molar-refractivity contribution in [3.05, 3.63) is 76.3 Å². The summed E-state index contributed by atoms with van der Waals surface area (Å²) in [7, 11) is 1.59. The van der Waals surface area contributed by atoms with Crippen molar-refractivity contribution in [1.29, 1.82) is 0 Å². The van der Waals surface area contributed by atoms with E-state index >= 15 is 0 Å². The number of carbonyl (C=O) groups excluding carboxylic acids is 1. The number of aromatic nitrogens is 2. The molecule has 0 atom stereocenters. The Bertz CT molecular complexity index is 1290. The average Bonchev–Trinajstić information content (AvgIpc) is 3.29. The summed E-state index contributed by atoms with van der Waals surface area (Å²) >= 11 is 7.90. The van der Waals surface area contributed by atoms with Crippen LogP contribution in [-0.4, -0.2) is 35.2 Å². The van der Waals surface area contributed by atoms with Gasteiger partial charge in [0.15, 0.2) is 8.68 Å². The second-order valence-corrected chi connectivity index (χ2v) is 11.1. The molecule has 0 saturated carbocycles. The largest absolute Gasteiger partial charge is 0.496 e. The molecule has 6 nitrogen and oxygen atoms in total. The Balaban J connectivity index is 1.27. The molecule has 0 unspecified atom stereocenters. The molecule has 0 aliphatic rings. The van der Waals surface area contributed by atoms with Crippen LogP contribution in [-0.2, 0) is 10.5 Å². The molecule has 0 saturated heterocycles. The molecule has 1 heterocycles. The SMILES string of the molecule is COc1ccc(Br)cc1C=NNC(=O)CSc1nnc(SCc2cccc3ccccc23)s1. The summed E-state index contributed by atoms with van der Waals surface area (Å²) in [6.45, 7) is 0. The minimum absolute atomic E-state index is 0.204. The van der Waals surface area contributed by atoms with Crippen molar-refractivity contribution >= 4 is 73.7 Å². The number of amides is 1. The highest BCUT2D eigenvalue weighted by Gasteiger charge is 2.10. The zero-order valence-corrected chi connectivity index (χ0v) is 21.6. The molecule has 3 aromatic carbocycles. The molecule has 0 aliphatic heterocycles. The number of methoxy groups -OCH3 is 1. The number of hydrogen-bond acceptors (Lipinski definition) is 8. The Kier molecular flexibility index (Phi) is 8.38. The number of fused-ring (bicyclic) bond motifs is 1. The number of halogens is 1. The molecule has 33 heavy (non-hydrogen) atoms. The third-order valence-corrected chi connectivity index (χ3v) is 8.26. The van der Waals surface area contributed by atoms with Crippen LogP contribution in [0.2, 0.25) is 0 Å². The molecule has 4 rings (SSSR count). The summed E-state index contributed by atoms with van der Waals surface area (Å²) in [4.78, 5) is 12.1. The van der Waals surface area contributed by atoms with Gasteiger partial charge in [-0.3, -0.25) is 4.79 Å². The Morgan fingerprint density at radius 2 is 1.91 bits per heavy atom. The van der Waals surface area contributed by atoms with E-state index in [4.69, 9.17) is 4.74 Å². The Morgan fingerprint density at radius 3 is 2.76 bits per heavy atom. The van der Waals surface area contributed by atoms with Gasteiger partial charge in [-0.15, -0.1) is 10.2 Å². The van der Waals surface area contributed by atoms with Gasteiger partial charge in [-0.05, 0) is 34.5 Å². The number of nitrogens with zero attached hydrogens (tertiary/aromatic N) is 3. The van der Waals surface area contributed by atoms with Gasteiger partial charge in [0.25, 0.3) is 5.91 Å². The lowest BCUT2D eigenvalue weighted by Gasteiger charge is -2.04. The normalized spacial score (nSPS) is 11.2. The highest BCUT2D eigenvalue weighted by Crippen LogP contribution is 2.32. The maximum absolute atomic E-state index is 12.1. The van der Waals surface area contributed by atoms with E-state index in [1.165, 1.54) is 39.4 Å². The van der Waals surface area contributed by atoms with Crippen molar-refractivity contribution in [2.45, 2.75) is 14.4 Å². The first kappa shape index (κ1) is 23.7. The van der Waals surface area contributed by atoms with Gasteiger partial charge in [-0.2, -0.15) is 5.10 Å². The Morgan fingerprint density at radius 1 is 1.12 bits per heavy atom. The molecule has 0 radical (unpaired) electrons. The molecular weight excluding hydrogens is 540 g/mol. The summed E-state index contributed by atoms with van der Waals surface area (Å²) in [5.41, 5.74) is 4.56. The Labute approximate surface area is 212 Å². The highest BCUT2D eigenvalue weighted by molar-refractivity contribution is 9.10. The zero-order valence-electron chi connectivity index (χ0n) is 17.5. The molecule has 1 aromatic heterocycles. The topological polar surface area (TPSA) is 76.5 Å². The van der Waals surface area contributed by atoms with Crippen LogP contribution >= 0.6 is 50.8 Å². The van der Waals surface area contributed by atoms with Gasteiger partial charge < -0.3 is 4.74 Å². The molecule has 0 fully saturated rings. The number of hydrazone groups is 1. The monoisotopic (exact) mass is 558 g/mol. The fourth-order valence-corrected chi connectivity index (χ4v) is 6.21. The molecule has 1 amide bonds. The van der Waals surface area contributed by atoms with E-state index in [0.29, 0.717) is 5.75 Å². The van der Waals surface area contributed by atoms with E-state index < -0.39 is 0 Å². The Hall–Kier alpha value is -2.40. The predicted octanol–water partition coefficient (Wildman–Crippen LogP) is 6.00. The first-order chi connectivity index (χ1) is 16.1. The van der Waals surface area contributed by atoms with Crippen molar-refractivity contribution in [2.75, 3.05) is 12.9 Å². The highest BCUT2D eigenvalue weighted by atomic mass is 79.9. The smallest absolute Gasteiger partial charge is 0.250 e. The maximum Gasteiger partial charge on any atom is 0.250 e. The van der Waals surface area contributed by atoms with E-state index in [1.807, 2.05) is 24.3 Å². The molecule has 168 valence electrons. The number of hydrogen-bond donors (Lipinski definition) is 1. The maximum atomic E-state index is 12.1. The first-order valence-corrected chi connectivity index (χ1v) is 13.4. The number of benzene rings is 3.